The summed E-state index contributed by atoms with van der Waals surface area (Å²) >= 11 is 0. The first-order valence-corrected chi connectivity index (χ1v) is 9.78. The third-order valence-electron chi connectivity index (χ3n) is 5.19. The predicted octanol–water partition coefficient (Wildman–Crippen LogP) is 2.83. The lowest BCUT2D eigenvalue weighted by Gasteiger charge is -2.32. The molecule has 0 radical (unpaired) electrons. The Bertz CT molecular complexity index is 920. The van der Waals surface area contributed by atoms with Crippen molar-refractivity contribution in [3.63, 3.8) is 0 Å². The fraction of sp³-hybridized carbons (Fsp3) is 0.450. The highest BCUT2D eigenvalue weighted by molar-refractivity contribution is 5.92. The zero-order chi connectivity index (χ0) is 19.3. The van der Waals surface area contributed by atoms with Gasteiger partial charge in [-0.3, -0.25) is 14.5 Å². The van der Waals surface area contributed by atoms with Crippen molar-refractivity contribution < 1.29 is 9.32 Å². The van der Waals surface area contributed by atoms with E-state index in [1.165, 1.54) is 0 Å². The summed E-state index contributed by atoms with van der Waals surface area (Å²) in [6.45, 7) is 4.26. The van der Waals surface area contributed by atoms with Gasteiger partial charge in [0.2, 0.25) is 0 Å². The fourth-order valence-electron chi connectivity index (χ4n) is 3.71. The number of likely N-dealkylation sites (tertiary alicyclic amines) is 1. The van der Waals surface area contributed by atoms with Gasteiger partial charge in [0, 0.05) is 44.6 Å². The smallest absolute Gasteiger partial charge is 0.272 e. The monoisotopic (exact) mass is 380 g/mol. The minimum Gasteiger partial charge on any atom is -0.337 e. The summed E-state index contributed by atoms with van der Waals surface area (Å²) in [6, 6.07) is 5.54. The first-order chi connectivity index (χ1) is 13.7. The van der Waals surface area contributed by atoms with Gasteiger partial charge in [-0.2, -0.15) is 10.1 Å². The molecule has 0 spiro atoms. The Hall–Kier alpha value is -3.03. The standard InChI is InChI=1S/C20H24N6O2/c1-2-26-17(9-11-22-26)20(27)25-12-4-5-15(14-25)7-8-18-23-19(28-24-18)16-6-3-10-21-13-16/h3,6,9-11,13,15H,2,4-5,7-8,12,14H2,1H3. The molecule has 1 aliphatic heterocycles. The quantitative estimate of drug-likeness (QED) is 0.653. The third-order valence-corrected chi connectivity index (χ3v) is 5.19. The Kier molecular flexibility index (Phi) is 5.45. The molecule has 28 heavy (non-hydrogen) atoms. The van der Waals surface area contributed by atoms with Crippen LogP contribution >= 0.6 is 0 Å². The van der Waals surface area contributed by atoms with Crippen LogP contribution in [-0.4, -0.2) is 48.8 Å². The van der Waals surface area contributed by atoms with Crippen molar-refractivity contribution in [1.82, 2.24) is 29.8 Å². The maximum absolute atomic E-state index is 12.8. The number of hydrogen-bond donors (Lipinski definition) is 0. The molecule has 4 heterocycles. The Morgan fingerprint density at radius 1 is 1.32 bits per heavy atom. The van der Waals surface area contributed by atoms with Crippen molar-refractivity contribution in [3.05, 3.63) is 48.3 Å². The Labute approximate surface area is 163 Å². The van der Waals surface area contributed by atoms with E-state index >= 15 is 0 Å². The summed E-state index contributed by atoms with van der Waals surface area (Å²) in [6.07, 6.45) is 8.92. The van der Waals surface area contributed by atoms with Gasteiger partial charge in [0.05, 0.1) is 5.56 Å². The largest absolute Gasteiger partial charge is 0.337 e. The van der Waals surface area contributed by atoms with E-state index < -0.39 is 0 Å². The highest BCUT2D eigenvalue weighted by atomic mass is 16.5. The SMILES string of the molecule is CCn1nccc1C(=O)N1CCCC(CCc2noc(-c3cccnc3)n2)C1. The molecule has 0 aromatic carbocycles. The topological polar surface area (TPSA) is 89.9 Å². The molecule has 146 valence electrons. The van der Waals surface area contributed by atoms with Crippen molar-refractivity contribution in [3.8, 4) is 11.5 Å². The minimum absolute atomic E-state index is 0.0717. The van der Waals surface area contributed by atoms with Gasteiger partial charge >= 0.3 is 0 Å². The lowest BCUT2D eigenvalue weighted by molar-refractivity contribution is 0.0655. The van der Waals surface area contributed by atoms with E-state index in [0.29, 0.717) is 29.9 Å². The van der Waals surface area contributed by atoms with Gasteiger partial charge in [-0.05, 0) is 50.3 Å². The molecule has 8 heteroatoms. The lowest BCUT2D eigenvalue weighted by atomic mass is 9.93. The van der Waals surface area contributed by atoms with E-state index in [4.69, 9.17) is 4.52 Å². The molecule has 4 rings (SSSR count). The second-order valence-corrected chi connectivity index (χ2v) is 7.09. The molecule has 1 amide bonds. The van der Waals surface area contributed by atoms with Crippen molar-refractivity contribution in [2.45, 2.75) is 39.2 Å². The Morgan fingerprint density at radius 2 is 2.25 bits per heavy atom. The van der Waals surface area contributed by atoms with E-state index in [0.717, 1.165) is 44.3 Å². The summed E-state index contributed by atoms with van der Waals surface area (Å²) in [5.74, 6) is 1.71. The number of nitrogens with zero attached hydrogens (tertiary/aromatic N) is 6. The number of aryl methyl sites for hydroxylation is 2. The van der Waals surface area contributed by atoms with Crippen LogP contribution in [0.5, 0.6) is 0 Å². The molecular weight excluding hydrogens is 356 g/mol. The van der Waals surface area contributed by atoms with Gasteiger partial charge in [-0.25, -0.2) is 0 Å². The molecule has 1 aliphatic rings. The van der Waals surface area contributed by atoms with E-state index in [-0.39, 0.29) is 5.91 Å². The highest BCUT2D eigenvalue weighted by Crippen LogP contribution is 2.23. The second kappa shape index (κ2) is 8.33. The first kappa shape index (κ1) is 18.3. The molecule has 0 N–H and O–H groups in total. The normalized spacial score (nSPS) is 17.0. The maximum Gasteiger partial charge on any atom is 0.272 e. The molecule has 3 aromatic rings. The molecule has 3 aromatic heterocycles. The summed E-state index contributed by atoms with van der Waals surface area (Å²) in [5.41, 5.74) is 1.49. The molecule has 1 unspecified atom stereocenters. The number of carbonyl (C=O) groups is 1. The molecule has 0 bridgehead atoms. The predicted molar refractivity (Wildman–Crippen MR) is 102 cm³/mol. The third kappa shape index (κ3) is 3.95. The number of amides is 1. The van der Waals surface area contributed by atoms with Gasteiger partial charge < -0.3 is 9.42 Å². The van der Waals surface area contributed by atoms with Crippen LogP contribution in [0.15, 0.2) is 41.3 Å². The van der Waals surface area contributed by atoms with Crippen molar-refractivity contribution in [2.75, 3.05) is 13.1 Å². The first-order valence-electron chi connectivity index (χ1n) is 9.78. The average molecular weight is 380 g/mol. The fourth-order valence-corrected chi connectivity index (χ4v) is 3.71. The summed E-state index contributed by atoms with van der Waals surface area (Å²) < 4.78 is 7.10. The number of piperidine rings is 1. The number of pyridine rings is 1. The van der Waals surface area contributed by atoms with Crippen LogP contribution in [0.1, 0.15) is 42.5 Å². The molecular formula is C20H24N6O2. The molecule has 8 nitrogen and oxygen atoms in total. The summed E-state index contributed by atoms with van der Waals surface area (Å²) in [4.78, 5) is 23.3. The maximum atomic E-state index is 12.8. The summed E-state index contributed by atoms with van der Waals surface area (Å²) in [5, 5.41) is 8.30. The zero-order valence-electron chi connectivity index (χ0n) is 16.0. The molecule has 1 atom stereocenters. The van der Waals surface area contributed by atoms with Gasteiger partial charge in [-0.15, -0.1) is 0 Å². The molecule has 0 aliphatic carbocycles. The number of hydrogen-bond acceptors (Lipinski definition) is 6. The van der Waals surface area contributed by atoms with E-state index in [1.54, 1.807) is 29.3 Å². The van der Waals surface area contributed by atoms with Crippen LogP contribution in [0.4, 0.5) is 0 Å². The van der Waals surface area contributed by atoms with Crippen molar-refractivity contribution in [2.24, 2.45) is 5.92 Å². The Morgan fingerprint density at radius 3 is 3.07 bits per heavy atom. The van der Waals surface area contributed by atoms with Gasteiger partial charge in [0.25, 0.3) is 11.8 Å². The van der Waals surface area contributed by atoms with Crippen LogP contribution in [-0.2, 0) is 13.0 Å². The molecule has 0 saturated carbocycles. The van der Waals surface area contributed by atoms with Crippen LogP contribution < -0.4 is 0 Å². The van der Waals surface area contributed by atoms with Crippen LogP contribution in [0.25, 0.3) is 11.5 Å². The molecule has 1 saturated heterocycles. The second-order valence-electron chi connectivity index (χ2n) is 7.09. The van der Waals surface area contributed by atoms with E-state index in [9.17, 15) is 4.79 Å². The molecule has 1 fully saturated rings. The van der Waals surface area contributed by atoms with Crippen molar-refractivity contribution in [1.29, 1.82) is 0 Å². The van der Waals surface area contributed by atoms with Gasteiger partial charge in [-0.1, -0.05) is 5.16 Å². The van der Waals surface area contributed by atoms with Crippen LogP contribution in [0.3, 0.4) is 0 Å². The van der Waals surface area contributed by atoms with Gasteiger partial charge in [0.15, 0.2) is 5.82 Å². The van der Waals surface area contributed by atoms with Gasteiger partial charge in [0.1, 0.15) is 5.69 Å². The lowest BCUT2D eigenvalue weighted by Crippen LogP contribution is -2.40. The van der Waals surface area contributed by atoms with Crippen LogP contribution in [0.2, 0.25) is 0 Å². The number of rotatable bonds is 6. The Balaban J connectivity index is 1.34. The minimum atomic E-state index is 0.0717. The average Bonchev–Trinajstić information content (AvgIpc) is 3.42. The zero-order valence-corrected chi connectivity index (χ0v) is 16.0. The van der Waals surface area contributed by atoms with E-state index in [1.807, 2.05) is 24.0 Å². The number of carbonyl (C=O) groups excluding carboxylic acids is 1. The highest BCUT2D eigenvalue weighted by Gasteiger charge is 2.26. The van der Waals surface area contributed by atoms with Crippen LogP contribution in [0, 0.1) is 5.92 Å². The van der Waals surface area contributed by atoms with Crippen molar-refractivity contribution >= 4 is 5.91 Å². The summed E-state index contributed by atoms with van der Waals surface area (Å²) in [7, 11) is 0. The number of aromatic nitrogens is 5. The van der Waals surface area contributed by atoms with E-state index in [2.05, 4.69) is 20.2 Å².